The highest BCUT2D eigenvalue weighted by Gasteiger charge is 2.22. The summed E-state index contributed by atoms with van der Waals surface area (Å²) in [5, 5.41) is 11.1. The van der Waals surface area contributed by atoms with Crippen molar-refractivity contribution in [2.24, 2.45) is 5.73 Å². The summed E-state index contributed by atoms with van der Waals surface area (Å²) in [6, 6.07) is 5.37. The van der Waals surface area contributed by atoms with Crippen molar-refractivity contribution in [3.63, 3.8) is 0 Å². The maximum Gasteiger partial charge on any atom is 0.326 e. The second-order valence-electron chi connectivity index (χ2n) is 3.76. The smallest absolute Gasteiger partial charge is 0.326 e. The molecule has 0 saturated heterocycles. The Hall–Kier alpha value is -2.02. The molecule has 102 valence electrons. The predicted octanol–water partition coefficient (Wildman–Crippen LogP) is 0.467. The molecule has 1 aromatic carbocycles. The third-order valence-corrected chi connectivity index (χ3v) is 3.10. The maximum atomic E-state index is 11.8. The number of hydrogen-bond donors (Lipinski definition) is 3. The van der Waals surface area contributed by atoms with Crippen LogP contribution in [-0.2, 0) is 9.59 Å². The average molecular weight is 282 g/mol. The molecule has 0 radical (unpaired) electrons. The molecule has 0 aromatic heterocycles. The summed E-state index contributed by atoms with van der Waals surface area (Å²) < 4.78 is 0. The van der Waals surface area contributed by atoms with E-state index in [1.807, 2.05) is 6.26 Å². The molecule has 4 N–H and O–H groups in total. The standard InChI is InChI=1S/C12H14N2O4S/c1-19-8-4-2-7(3-5-8)11(16)14-9(12(17)18)6-10(13)15/h2-5,9H,6H2,1H3,(H2,13,15)(H,14,16)(H,17,18)/t9-/m1/s1. The van der Waals surface area contributed by atoms with Crippen LogP contribution in [0.5, 0.6) is 0 Å². The van der Waals surface area contributed by atoms with Crippen LogP contribution in [0.15, 0.2) is 29.2 Å². The van der Waals surface area contributed by atoms with Gasteiger partial charge in [0.25, 0.3) is 5.91 Å². The van der Waals surface area contributed by atoms with E-state index in [-0.39, 0.29) is 0 Å². The highest BCUT2D eigenvalue weighted by atomic mass is 32.2. The first kappa shape index (κ1) is 15.0. The topological polar surface area (TPSA) is 109 Å². The Morgan fingerprint density at radius 2 is 1.89 bits per heavy atom. The predicted molar refractivity (Wildman–Crippen MR) is 70.9 cm³/mol. The van der Waals surface area contributed by atoms with Crippen molar-refractivity contribution in [1.82, 2.24) is 5.32 Å². The Kier molecular flexibility index (Phi) is 5.37. The number of nitrogens with one attached hydrogen (secondary N) is 1. The van der Waals surface area contributed by atoms with E-state index in [1.165, 1.54) is 11.8 Å². The lowest BCUT2D eigenvalue weighted by atomic mass is 10.1. The van der Waals surface area contributed by atoms with Gasteiger partial charge in [0.1, 0.15) is 6.04 Å². The van der Waals surface area contributed by atoms with Crippen molar-refractivity contribution < 1.29 is 19.5 Å². The second-order valence-corrected chi connectivity index (χ2v) is 4.64. The summed E-state index contributed by atoms with van der Waals surface area (Å²) in [6.07, 6.45) is 1.46. The maximum absolute atomic E-state index is 11.8. The Morgan fingerprint density at radius 1 is 1.32 bits per heavy atom. The summed E-state index contributed by atoms with van der Waals surface area (Å²) in [5.41, 5.74) is 5.25. The van der Waals surface area contributed by atoms with E-state index in [0.29, 0.717) is 5.56 Å². The van der Waals surface area contributed by atoms with Crippen LogP contribution < -0.4 is 11.1 Å². The fourth-order valence-electron chi connectivity index (χ4n) is 1.39. The molecule has 0 spiro atoms. The highest BCUT2D eigenvalue weighted by Crippen LogP contribution is 2.14. The van der Waals surface area contributed by atoms with Gasteiger partial charge < -0.3 is 16.2 Å². The van der Waals surface area contributed by atoms with Crippen molar-refractivity contribution in [3.05, 3.63) is 29.8 Å². The number of amides is 2. The zero-order valence-corrected chi connectivity index (χ0v) is 11.1. The van der Waals surface area contributed by atoms with E-state index in [0.717, 1.165) is 4.90 Å². The van der Waals surface area contributed by atoms with E-state index in [1.54, 1.807) is 24.3 Å². The summed E-state index contributed by atoms with van der Waals surface area (Å²) in [6.45, 7) is 0. The largest absolute Gasteiger partial charge is 0.480 e. The molecule has 0 bridgehead atoms. The molecular weight excluding hydrogens is 268 g/mol. The normalized spacial score (nSPS) is 11.6. The first-order valence-corrected chi connectivity index (χ1v) is 6.62. The number of carbonyl (C=O) groups excluding carboxylic acids is 2. The lowest BCUT2D eigenvalue weighted by Crippen LogP contribution is -2.43. The van der Waals surface area contributed by atoms with Crippen LogP contribution in [0, 0.1) is 0 Å². The summed E-state index contributed by atoms with van der Waals surface area (Å²) >= 11 is 1.53. The zero-order chi connectivity index (χ0) is 14.4. The number of nitrogens with two attached hydrogens (primary N) is 1. The second kappa shape index (κ2) is 6.79. The van der Waals surface area contributed by atoms with Gasteiger partial charge in [-0.1, -0.05) is 0 Å². The molecule has 1 aromatic rings. The molecule has 0 aliphatic carbocycles. The molecule has 6 nitrogen and oxygen atoms in total. The van der Waals surface area contributed by atoms with E-state index in [9.17, 15) is 14.4 Å². The highest BCUT2D eigenvalue weighted by molar-refractivity contribution is 7.98. The van der Waals surface area contributed by atoms with Gasteiger partial charge in [0.05, 0.1) is 6.42 Å². The number of hydrogen-bond acceptors (Lipinski definition) is 4. The Morgan fingerprint density at radius 3 is 2.32 bits per heavy atom. The van der Waals surface area contributed by atoms with Gasteiger partial charge in [0.2, 0.25) is 5.91 Å². The number of primary amides is 1. The van der Waals surface area contributed by atoms with Gasteiger partial charge in [-0.15, -0.1) is 11.8 Å². The molecule has 7 heteroatoms. The molecule has 0 aliphatic rings. The number of thioether (sulfide) groups is 1. The van der Waals surface area contributed by atoms with Crippen LogP contribution in [0.4, 0.5) is 0 Å². The fourth-order valence-corrected chi connectivity index (χ4v) is 1.79. The Bertz CT molecular complexity index is 487. The molecule has 1 rings (SSSR count). The first-order chi connectivity index (χ1) is 8.93. The molecule has 2 amide bonds. The number of carbonyl (C=O) groups is 3. The molecule has 19 heavy (non-hydrogen) atoms. The van der Waals surface area contributed by atoms with Crippen LogP contribution in [0.3, 0.4) is 0 Å². The third kappa shape index (κ3) is 4.63. The Balaban J connectivity index is 2.75. The van der Waals surface area contributed by atoms with Gasteiger partial charge in [0.15, 0.2) is 0 Å². The van der Waals surface area contributed by atoms with Crippen molar-refractivity contribution >= 4 is 29.5 Å². The van der Waals surface area contributed by atoms with Crippen molar-refractivity contribution in [1.29, 1.82) is 0 Å². The molecule has 1 atom stereocenters. The van der Waals surface area contributed by atoms with Crippen molar-refractivity contribution in [2.45, 2.75) is 17.4 Å². The van der Waals surface area contributed by atoms with Crippen LogP contribution >= 0.6 is 11.8 Å². The number of aliphatic carboxylic acids is 1. The van der Waals surface area contributed by atoms with E-state index in [2.05, 4.69) is 5.32 Å². The molecule has 0 aliphatic heterocycles. The van der Waals surface area contributed by atoms with Gasteiger partial charge in [0, 0.05) is 10.5 Å². The number of carboxylic acid groups (broad SMARTS) is 1. The minimum absolute atomic E-state index is 0.327. The van der Waals surface area contributed by atoms with Gasteiger partial charge in [-0.05, 0) is 30.5 Å². The molecule has 0 saturated carbocycles. The van der Waals surface area contributed by atoms with Crippen LogP contribution in [-0.4, -0.2) is 35.2 Å². The van der Waals surface area contributed by atoms with Crippen LogP contribution in [0.25, 0.3) is 0 Å². The molecule has 0 fully saturated rings. The lowest BCUT2D eigenvalue weighted by Gasteiger charge is -2.12. The summed E-state index contributed by atoms with van der Waals surface area (Å²) in [7, 11) is 0. The fraction of sp³-hybridized carbons (Fsp3) is 0.250. The Labute approximate surface area is 114 Å². The summed E-state index contributed by atoms with van der Waals surface area (Å²) in [4.78, 5) is 34.4. The number of carboxylic acids is 1. The molecular formula is C12H14N2O4S. The minimum atomic E-state index is -1.31. The monoisotopic (exact) mass is 282 g/mol. The van der Waals surface area contributed by atoms with Gasteiger partial charge >= 0.3 is 5.97 Å². The number of benzene rings is 1. The molecule has 0 heterocycles. The van der Waals surface area contributed by atoms with Gasteiger partial charge in [-0.25, -0.2) is 4.79 Å². The van der Waals surface area contributed by atoms with Crippen molar-refractivity contribution in [2.75, 3.05) is 6.26 Å². The average Bonchev–Trinajstić information content (AvgIpc) is 2.37. The molecule has 0 unspecified atom stereocenters. The minimum Gasteiger partial charge on any atom is -0.480 e. The first-order valence-electron chi connectivity index (χ1n) is 5.40. The third-order valence-electron chi connectivity index (χ3n) is 2.36. The van der Waals surface area contributed by atoms with E-state index in [4.69, 9.17) is 10.8 Å². The quantitative estimate of drug-likeness (QED) is 0.657. The van der Waals surface area contributed by atoms with Crippen molar-refractivity contribution in [3.8, 4) is 0 Å². The SMILES string of the molecule is CSc1ccc(C(=O)N[C@H](CC(N)=O)C(=O)O)cc1. The lowest BCUT2D eigenvalue weighted by molar-refractivity contribution is -0.140. The van der Waals surface area contributed by atoms with E-state index < -0.39 is 30.2 Å². The van der Waals surface area contributed by atoms with Gasteiger partial charge in [-0.3, -0.25) is 9.59 Å². The van der Waals surface area contributed by atoms with E-state index >= 15 is 0 Å². The van der Waals surface area contributed by atoms with Gasteiger partial charge in [-0.2, -0.15) is 0 Å². The zero-order valence-electron chi connectivity index (χ0n) is 10.3. The van der Waals surface area contributed by atoms with Crippen LogP contribution in [0.2, 0.25) is 0 Å². The number of rotatable bonds is 6. The summed E-state index contributed by atoms with van der Waals surface area (Å²) in [5.74, 6) is -2.64. The van der Waals surface area contributed by atoms with Crippen LogP contribution in [0.1, 0.15) is 16.8 Å².